The van der Waals surface area contributed by atoms with Gasteiger partial charge in [0.25, 0.3) is 0 Å². The van der Waals surface area contributed by atoms with Crippen LogP contribution < -0.4 is 0 Å². The van der Waals surface area contributed by atoms with Crippen LogP contribution in [0.1, 0.15) is 5.56 Å². The van der Waals surface area contributed by atoms with Gasteiger partial charge in [-0.25, -0.2) is 13.2 Å². The predicted octanol–water partition coefficient (Wildman–Crippen LogP) is 4.41. The van der Waals surface area contributed by atoms with Crippen molar-refractivity contribution >= 4 is 23.3 Å². The lowest BCUT2D eigenvalue weighted by Gasteiger charge is -2.08. The second kappa shape index (κ2) is 4.49. The van der Waals surface area contributed by atoms with Crippen molar-refractivity contribution in [3.05, 3.63) is 58.1 Å². The Morgan fingerprint density at radius 3 is 2.35 bits per heavy atom. The van der Waals surface area contributed by atoms with E-state index in [1.165, 1.54) is 22.8 Å². The normalized spacial score (nSPS) is 11.2. The van der Waals surface area contributed by atoms with Crippen LogP contribution in [0.3, 0.4) is 0 Å². The molecule has 0 spiro atoms. The average molecular weight is 294 g/mol. The highest BCUT2D eigenvalue weighted by Gasteiger charge is 2.16. The number of benzene rings is 2. The molecule has 0 aliphatic rings. The molecular formula is C14H9F3N2S. The van der Waals surface area contributed by atoms with Gasteiger partial charge < -0.3 is 4.98 Å². The van der Waals surface area contributed by atoms with E-state index >= 15 is 0 Å². The Hall–Kier alpha value is -2.08. The first-order valence-electron chi connectivity index (χ1n) is 5.84. The molecule has 2 nitrogen and oxygen atoms in total. The number of H-pyrrole nitrogens is 1. The topological polar surface area (TPSA) is 20.7 Å². The lowest BCUT2D eigenvalue weighted by atomic mass is 10.2. The van der Waals surface area contributed by atoms with Gasteiger partial charge in [-0.1, -0.05) is 6.07 Å². The molecule has 0 bridgehead atoms. The Labute approximate surface area is 117 Å². The van der Waals surface area contributed by atoms with Gasteiger partial charge in [0.2, 0.25) is 0 Å². The maximum Gasteiger partial charge on any atom is 0.182 e. The number of para-hydroxylation sites is 1. The fourth-order valence-electron chi connectivity index (χ4n) is 2.16. The molecule has 0 saturated heterocycles. The molecular weight excluding hydrogens is 285 g/mol. The highest BCUT2D eigenvalue weighted by molar-refractivity contribution is 7.71. The van der Waals surface area contributed by atoms with Crippen molar-refractivity contribution < 1.29 is 13.2 Å². The van der Waals surface area contributed by atoms with Crippen LogP contribution in [-0.4, -0.2) is 9.55 Å². The number of imidazole rings is 1. The lowest BCUT2D eigenvalue weighted by Crippen LogP contribution is -2.01. The van der Waals surface area contributed by atoms with E-state index in [-0.39, 0.29) is 10.5 Å². The third-order valence-electron chi connectivity index (χ3n) is 3.12. The van der Waals surface area contributed by atoms with Crippen molar-refractivity contribution in [2.24, 2.45) is 0 Å². The zero-order valence-electron chi connectivity index (χ0n) is 10.4. The van der Waals surface area contributed by atoms with Crippen molar-refractivity contribution in [2.75, 3.05) is 0 Å². The van der Waals surface area contributed by atoms with Crippen molar-refractivity contribution in [2.45, 2.75) is 6.92 Å². The van der Waals surface area contributed by atoms with E-state index < -0.39 is 17.5 Å². The SMILES string of the molecule is Cc1cc2c(cc1F)[nH]c(=S)n2-c1c(F)cccc1F. The van der Waals surface area contributed by atoms with E-state index in [4.69, 9.17) is 12.2 Å². The molecule has 0 radical (unpaired) electrons. The van der Waals surface area contributed by atoms with Gasteiger partial charge >= 0.3 is 0 Å². The van der Waals surface area contributed by atoms with Gasteiger partial charge in [-0.05, 0) is 49.0 Å². The first-order valence-corrected chi connectivity index (χ1v) is 6.25. The Morgan fingerprint density at radius 1 is 1.05 bits per heavy atom. The van der Waals surface area contributed by atoms with Crippen LogP contribution in [0, 0.1) is 29.1 Å². The van der Waals surface area contributed by atoms with Gasteiger partial charge in [0.1, 0.15) is 23.1 Å². The van der Waals surface area contributed by atoms with Gasteiger partial charge in [0.05, 0.1) is 11.0 Å². The largest absolute Gasteiger partial charge is 0.330 e. The number of fused-ring (bicyclic) bond motifs is 1. The highest BCUT2D eigenvalue weighted by atomic mass is 32.1. The summed E-state index contributed by atoms with van der Waals surface area (Å²) in [6, 6.07) is 6.33. The second-order valence-electron chi connectivity index (χ2n) is 4.45. The van der Waals surface area contributed by atoms with Crippen LogP contribution >= 0.6 is 12.2 Å². The van der Waals surface area contributed by atoms with Crippen molar-refractivity contribution in [1.82, 2.24) is 9.55 Å². The highest BCUT2D eigenvalue weighted by Crippen LogP contribution is 2.25. The molecule has 0 atom stereocenters. The molecule has 0 unspecified atom stereocenters. The van der Waals surface area contributed by atoms with Crippen molar-refractivity contribution in [3.63, 3.8) is 0 Å². The van der Waals surface area contributed by atoms with Crippen molar-refractivity contribution in [3.8, 4) is 5.69 Å². The van der Waals surface area contributed by atoms with Gasteiger partial charge in [-0.3, -0.25) is 4.57 Å². The quantitative estimate of drug-likeness (QED) is 0.659. The molecule has 0 saturated carbocycles. The standard InChI is InChI=1S/C14H9F3N2S/c1-7-5-12-11(6-10(7)17)18-14(20)19(12)13-8(15)3-2-4-9(13)16/h2-6H,1H3,(H,18,20). The zero-order valence-corrected chi connectivity index (χ0v) is 11.2. The Kier molecular flexibility index (Phi) is 2.90. The molecule has 3 aromatic rings. The molecule has 2 aromatic carbocycles. The molecule has 1 heterocycles. The fourth-order valence-corrected chi connectivity index (χ4v) is 2.46. The van der Waals surface area contributed by atoms with Crippen molar-refractivity contribution in [1.29, 1.82) is 0 Å². The summed E-state index contributed by atoms with van der Waals surface area (Å²) in [5.41, 5.74) is 0.922. The molecule has 0 aliphatic heterocycles. The van der Waals surface area contributed by atoms with E-state index in [0.717, 1.165) is 12.1 Å². The molecule has 0 aliphatic carbocycles. The zero-order chi connectivity index (χ0) is 14.4. The van der Waals surface area contributed by atoms with E-state index in [2.05, 4.69) is 4.98 Å². The number of rotatable bonds is 1. The van der Waals surface area contributed by atoms with Crippen LogP contribution in [0.4, 0.5) is 13.2 Å². The van der Waals surface area contributed by atoms with Crippen LogP contribution in [0.2, 0.25) is 0 Å². The molecule has 20 heavy (non-hydrogen) atoms. The smallest absolute Gasteiger partial charge is 0.182 e. The Morgan fingerprint density at radius 2 is 1.70 bits per heavy atom. The number of hydrogen-bond donors (Lipinski definition) is 1. The van der Waals surface area contributed by atoms with Gasteiger partial charge in [0.15, 0.2) is 4.77 Å². The lowest BCUT2D eigenvalue weighted by molar-refractivity contribution is 0.570. The van der Waals surface area contributed by atoms with E-state index in [0.29, 0.717) is 16.6 Å². The third kappa shape index (κ3) is 1.84. The van der Waals surface area contributed by atoms with E-state index in [9.17, 15) is 13.2 Å². The maximum atomic E-state index is 13.9. The summed E-state index contributed by atoms with van der Waals surface area (Å²) in [5.74, 6) is -1.87. The molecule has 3 rings (SSSR count). The first-order chi connectivity index (χ1) is 9.49. The number of hydrogen-bond acceptors (Lipinski definition) is 1. The Balaban J connectivity index is 2.46. The van der Waals surface area contributed by atoms with Crippen LogP contribution in [0.25, 0.3) is 16.7 Å². The molecule has 0 fully saturated rings. The predicted molar refractivity (Wildman–Crippen MR) is 73.1 cm³/mol. The molecule has 102 valence electrons. The maximum absolute atomic E-state index is 13.9. The third-order valence-corrected chi connectivity index (χ3v) is 3.41. The van der Waals surface area contributed by atoms with E-state index in [1.807, 2.05) is 0 Å². The molecule has 1 aromatic heterocycles. The number of aryl methyl sites for hydroxylation is 1. The Bertz CT molecular complexity index is 860. The fraction of sp³-hybridized carbons (Fsp3) is 0.0714. The van der Waals surface area contributed by atoms with Crippen LogP contribution in [0.15, 0.2) is 30.3 Å². The minimum absolute atomic E-state index is 0.106. The first kappa shape index (κ1) is 12.9. The monoisotopic (exact) mass is 294 g/mol. The number of nitrogens with zero attached hydrogens (tertiary/aromatic N) is 1. The number of aromatic nitrogens is 2. The molecule has 1 N–H and O–H groups in total. The summed E-state index contributed by atoms with van der Waals surface area (Å²) in [5, 5.41) is 0. The van der Waals surface area contributed by atoms with Gasteiger partial charge in [-0.15, -0.1) is 0 Å². The second-order valence-corrected chi connectivity index (χ2v) is 4.84. The summed E-state index contributed by atoms with van der Waals surface area (Å²) in [4.78, 5) is 2.75. The van der Waals surface area contributed by atoms with E-state index in [1.54, 1.807) is 6.92 Å². The average Bonchev–Trinajstić information content (AvgIpc) is 2.67. The minimum atomic E-state index is -0.732. The molecule has 6 heteroatoms. The summed E-state index contributed by atoms with van der Waals surface area (Å²) in [7, 11) is 0. The summed E-state index contributed by atoms with van der Waals surface area (Å²) in [6.07, 6.45) is 0. The van der Waals surface area contributed by atoms with Crippen LogP contribution in [0.5, 0.6) is 0 Å². The van der Waals surface area contributed by atoms with Crippen LogP contribution in [-0.2, 0) is 0 Å². The summed E-state index contributed by atoms with van der Waals surface area (Å²) < 4.78 is 42.7. The summed E-state index contributed by atoms with van der Waals surface area (Å²) in [6.45, 7) is 1.58. The summed E-state index contributed by atoms with van der Waals surface area (Å²) >= 11 is 5.09. The number of nitrogens with one attached hydrogen (secondary N) is 1. The number of halogens is 3. The molecule has 0 amide bonds. The minimum Gasteiger partial charge on any atom is -0.330 e. The van der Waals surface area contributed by atoms with Gasteiger partial charge in [0, 0.05) is 0 Å². The van der Waals surface area contributed by atoms with Gasteiger partial charge in [-0.2, -0.15) is 0 Å². The number of aromatic amines is 1.